The van der Waals surface area contributed by atoms with Crippen LogP contribution < -0.4 is 4.72 Å². The zero-order chi connectivity index (χ0) is 9.47. The first-order valence-electron chi connectivity index (χ1n) is 3.86. The molecule has 0 amide bonds. The molecule has 0 saturated carbocycles. The molecular weight excluding hydrogens is 208 g/mol. The number of hydrogen-bond donors (Lipinski definition) is 1. The lowest BCUT2D eigenvalue weighted by Gasteiger charge is -2.03. The zero-order valence-corrected chi connectivity index (χ0v) is 8.73. The van der Waals surface area contributed by atoms with E-state index < -0.39 is 10.2 Å². The molecule has 1 aliphatic heterocycles. The quantitative estimate of drug-likeness (QED) is 0.749. The number of hydrogen-bond acceptors (Lipinski definition) is 3. The minimum Gasteiger partial charge on any atom is -0.195 e. The molecule has 2 heterocycles. The molecule has 2 rings (SSSR count). The lowest BCUT2D eigenvalue weighted by Crippen LogP contribution is -2.25. The summed E-state index contributed by atoms with van der Waals surface area (Å²) >= 11 is 1.57. The average Bonchev–Trinajstić information content (AvgIpc) is 2.60. The summed E-state index contributed by atoms with van der Waals surface area (Å²) < 4.78 is 26.5. The van der Waals surface area contributed by atoms with E-state index in [9.17, 15) is 8.42 Å². The molecule has 1 aromatic heterocycles. The summed E-state index contributed by atoms with van der Waals surface area (Å²) in [5.41, 5.74) is 0. The predicted molar refractivity (Wildman–Crippen MR) is 51.7 cm³/mol. The standard InChI is InChI=1S/C7H10N2O2S2/c1-9-5-6(8-13(9,10)11)7-3-2-4-12-7/h2-4,6,8H,5H2,1H3/t6-/m1/s1. The third-order valence-electron chi connectivity index (χ3n) is 2.03. The molecule has 0 radical (unpaired) electrons. The molecule has 0 bridgehead atoms. The first-order chi connectivity index (χ1) is 6.09. The number of nitrogens with zero attached hydrogens (tertiary/aromatic N) is 1. The number of thiophene rings is 1. The normalized spacial score (nSPS) is 27.9. The van der Waals surface area contributed by atoms with Crippen molar-refractivity contribution in [2.24, 2.45) is 0 Å². The highest BCUT2D eigenvalue weighted by atomic mass is 32.2. The van der Waals surface area contributed by atoms with Crippen LogP contribution >= 0.6 is 11.3 Å². The van der Waals surface area contributed by atoms with Crippen LogP contribution in [0.15, 0.2) is 17.5 Å². The molecule has 1 fully saturated rings. The third-order valence-corrected chi connectivity index (χ3v) is 4.57. The Morgan fingerprint density at radius 3 is 2.92 bits per heavy atom. The van der Waals surface area contributed by atoms with Gasteiger partial charge < -0.3 is 0 Å². The van der Waals surface area contributed by atoms with E-state index in [1.54, 1.807) is 18.4 Å². The second-order valence-electron chi connectivity index (χ2n) is 2.97. The van der Waals surface area contributed by atoms with Gasteiger partial charge in [0, 0.05) is 18.5 Å². The number of likely N-dealkylation sites (N-methyl/N-ethyl adjacent to an activating group) is 1. The van der Waals surface area contributed by atoms with Crippen molar-refractivity contribution in [3.8, 4) is 0 Å². The summed E-state index contributed by atoms with van der Waals surface area (Å²) in [5, 5.41) is 1.95. The van der Waals surface area contributed by atoms with Crippen molar-refractivity contribution in [1.29, 1.82) is 0 Å². The Hall–Kier alpha value is -0.430. The molecule has 1 N–H and O–H groups in total. The van der Waals surface area contributed by atoms with E-state index >= 15 is 0 Å². The van der Waals surface area contributed by atoms with Crippen LogP contribution in [0, 0.1) is 0 Å². The summed E-state index contributed by atoms with van der Waals surface area (Å²) in [7, 11) is -1.63. The van der Waals surface area contributed by atoms with E-state index in [1.165, 1.54) is 4.31 Å². The van der Waals surface area contributed by atoms with Gasteiger partial charge in [-0.05, 0) is 11.4 Å². The van der Waals surface area contributed by atoms with Gasteiger partial charge in [-0.25, -0.2) is 0 Å². The van der Waals surface area contributed by atoms with E-state index in [1.807, 2.05) is 17.5 Å². The lowest BCUT2D eigenvalue weighted by molar-refractivity contribution is 0.496. The van der Waals surface area contributed by atoms with E-state index in [0.29, 0.717) is 6.54 Å². The summed E-state index contributed by atoms with van der Waals surface area (Å²) in [4.78, 5) is 1.06. The van der Waals surface area contributed by atoms with Crippen molar-refractivity contribution >= 4 is 21.5 Å². The summed E-state index contributed by atoms with van der Waals surface area (Å²) in [5.74, 6) is 0. The zero-order valence-electron chi connectivity index (χ0n) is 7.10. The molecule has 1 aliphatic rings. The molecular formula is C7H10N2O2S2. The maximum Gasteiger partial charge on any atom is 0.279 e. The maximum absolute atomic E-state index is 11.3. The SMILES string of the molecule is CN1C[C@H](c2cccs2)NS1(=O)=O. The number of rotatable bonds is 1. The van der Waals surface area contributed by atoms with Gasteiger partial charge in [-0.1, -0.05) is 6.07 Å². The Balaban J connectivity index is 2.24. The van der Waals surface area contributed by atoms with Crippen molar-refractivity contribution in [2.45, 2.75) is 6.04 Å². The molecule has 0 spiro atoms. The van der Waals surface area contributed by atoms with Gasteiger partial charge in [-0.15, -0.1) is 11.3 Å². The van der Waals surface area contributed by atoms with Crippen LogP contribution in [0.25, 0.3) is 0 Å². The topological polar surface area (TPSA) is 49.4 Å². The van der Waals surface area contributed by atoms with Gasteiger partial charge in [-0.3, -0.25) is 0 Å². The van der Waals surface area contributed by atoms with Crippen molar-refractivity contribution in [3.05, 3.63) is 22.4 Å². The minimum atomic E-state index is -3.21. The molecule has 4 nitrogen and oxygen atoms in total. The van der Waals surface area contributed by atoms with E-state index in [4.69, 9.17) is 0 Å². The molecule has 0 unspecified atom stereocenters. The third kappa shape index (κ3) is 1.62. The van der Waals surface area contributed by atoms with Gasteiger partial charge in [0.15, 0.2) is 0 Å². The molecule has 72 valence electrons. The Bertz CT molecular complexity index is 385. The Morgan fingerprint density at radius 2 is 2.46 bits per heavy atom. The minimum absolute atomic E-state index is 0.0741. The molecule has 0 aromatic carbocycles. The van der Waals surface area contributed by atoms with E-state index in [2.05, 4.69) is 4.72 Å². The molecule has 1 aromatic rings. The Labute approximate surface area is 81.4 Å². The van der Waals surface area contributed by atoms with Gasteiger partial charge in [0.05, 0.1) is 6.04 Å². The highest BCUT2D eigenvalue weighted by Gasteiger charge is 2.33. The van der Waals surface area contributed by atoms with Gasteiger partial charge in [-0.2, -0.15) is 17.4 Å². The van der Waals surface area contributed by atoms with Crippen LogP contribution in [0.5, 0.6) is 0 Å². The molecule has 13 heavy (non-hydrogen) atoms. The maximum atomic E-state index is 11.3. The number of nitrogens with one attached hydrogen (secondary N) is 1. The van der Waals surface area contributed by atoms with E-state index in [0.717, 1.165) is 4.88 Å². The fourth-order valence-corrected chi connectivity index (χ4v) is 3.23. The second-order valence-corrected chi connectivity index (χ2v) is 5.76. The fraction of sp³-hybridized carbons (Fsp3) is 0.429. The van der Waals surface area contributed by atoms with Gasteiger partial charge in [0.1, 0.15) is 0 Å². The van der Waals surface area contributed by atoms with E-state index in [-0.39, 0.29) is 6.04 Å². The molecule has 1 atom stereocenters. The van der Waals surface area contributed by atoms with Gasteiger partial charge >= 0.3 is 0 Å². The highest BCUT2D eigenvalue weighted by Crippen LogP contribution is 2.25. The summed E-state index contributed by atoms with van der Waals surface area (Å²) in [6.45, 7) is 0.517. The van der Waals surface area contributed by atoms with Crippen LogP contribution in [0.3, 0.4) is 0 Å². The first-order valence-corrected chi connectivity index (χ1v) is 6.18. The van der Waals surface area contributed by atoms with Crippen LogP contribution in [0.2, 0.25) is 0 Å². The second kappa shape index (κ2) is 3.06. The van der Waals surface area contributed by atoms with Gasteiger partial charge in [0.25, 0.3) is 10.2 Å². The summed E-state index contributed by atoms with van der Waals surface area (Å²) in [6.07, 6.45) is 0. The van der Waals surface area contributed by atoms with Crippen molar-refractivity contribution in [1.82, 2.24) is 9.03 Å². The van der Waals surface area contributed by atoms with Crippen LogP contribution in [-0.4, -0.2) is 26.3 Å². The van der Waals surface area contributed by atoms with Crippen molar-refractivity contribution in [3.63, 3.8) is 0 Å². The van der Waals surface area contributed by atoms with Crippen molar-refractivity contribution < 1.29 is 8.42 Å². The van der Waals surface area contributed by atoms with Crippen LogP contribution in [0.4, 0.5) is 0 Å². The molecule has 0 aliphatic carbocycles. The molecule has 6 heteroatoms. The Kier molecular flexibility index (Phi) is 2.15. The van der Waals surface area contributed by atoms with Crippen LogP contribution in [-0.2, 0) is 10.2 Å². The molecule has 1 saturated heterocycles. The smallest absolute Gasteiger partial charge is 0.195 e. The average molecular weight is 218 g/mol. The Morgan fingerprint density at radius 1 is 1.69 bits per heavy atom. The monoisotopic (exact) mass is 218 g/mol. The van der Waals surface area contributed by atoms with Gasteiger partial charge in [0.2, 0.25) is 0 Å². The summed E-state index contributed by atoms with van der Waals surface area (Å²) in [6, 6.07) is 3.79. The fourth-order valence-electron chi connectivity index (χ4n) is 1.30. The highest BCUT2D eigenvalue weighted by molar-refractivity contribution is 7.87. The first kappa shape index (κ1) is 9.14. The largest absolute Gasteiger partial charge is 0.279 e. The predicted octanol–water partition coefficient (Wildman–Crippen LogP) is 0.569. The lowest BCUT2D eigenvalue weighted by atomic mass is 10.2. The van der Waals surface area contributed by atoms with Crippen molar-refractivity contribution in [2.75, 3.05) is 13.6 Å². The van der Waals surface area contributed by atoms with Crippen LogP contribution in [0.1, 0.15) is 10.9 Å².